The molecule has 0 radical (unpaired) electrons. The Morgan fingerprint density at radius 3 is 2.25 bits per heavy atom. The number of hydrogen-bond donors (Lipinski definition) is 3. The maximum absolute atomic E-state index is 13.6. The molecule has 0 saturated heterocycles. The van der Waals surface area contributed by atoms with Gasteiger partial charge >= 0.3 is 0 Å². The highest BCUT2D eigenvalue weighted by atomic mass is 35.5. The van der Waals surface area contributed by atoms with Gasteiger partial charge < -0.3 is 11.1 Å². The van der Waals surface area contributed by atoms with Crippen molar-refractivity contribution in [2.75, 3.05) is 11.1 Å². The van der Waals surface area contributed by atoms with Gasteiger partial charge in [0.15, 0.2) is 11.2 Å². The molecule has 4 N–H and O–H groups in total. The van der Waals surface area contributed by atoms with Crippen molar-refractivity contribution >= 4 is 57.5 Å². The first-order chi connectivity index (χ1) is 19.3. The highest BCUT2D eigenvalue weighted by Gasteiger charge is 2.25. The van der Waals surface area contributed by atoms with Crippen molar-refractivity contribution in [1.82, 2.24) is 14.3 Å². The lowest BCUT2D eigenvalue weighted by Gasteiger charge is -2.15. The number of nitrogens with zero attached hydrogens (tertiary/aromatic N) is 4. The summed E-state index contributed by atoms with van der Waals surface area (Å²) >= 11 is 12.6. The number of hydrogen-bond acceptors (Lipinski definition) is 8. The molecule has 0 spiro atoms. The molecule has 2 heterocycles. The van der Waals surface area contributed by atoms with Crippen molar-refractivity contribution in [3.05, 3.63) is 122 Å². The molecule has 0 aliphatic carbocycles. The van der Waals surface area contributed by atoms with Gasteiger partial charge in [-0.05, 0) is 48.6 Å². The van der Waals surface area contributed by atoms with Crippen LogP contribution >= 0.6 is 35.2 Å². The van der Waals surface area contributed by atoms with Crippen LogP contribution in [0.5, 0.6) is 0 Å². The Hall–Kier alpha value is -4.89. The number of benzene rings is 3. The Morgan fingerprint density at radius 2 is 1.62 bits per heavy atom. The minimum atomic E-state index is -0.788. The van der Waals surface area contributed by atoms with Gasteiger partial charge in [0.2, 0.25) is 10.6 Å². The van der Waals surface area contributed by atoms with Crippen LogP contribution in [0.2, 0.25) is 5.02 Å². The first-order valence-electron chi connectivity index (χ1n) is 11.7. The van der Waals surface area contributed by atoms with Crippen molar-refractivity contribution in [1.29, 1.82) is 10.7 Å². The molecule has 0 saturated carbocycles. The number of anilines is 2. The Morgan fingerprint density at radius 1 is 1.00 bits per heavy atom. The summed E-state index contributed by atoms with van der Waals surface area (Å²) in [5, 5.41) is 26.2. The van der Waals surface area contributed by atoms with E-state index < -0.39 is 5.91 Å². The zero-order chi connectivity index (χ0) is 28.4. The van der Waals surface area contributed by atoms with E-state index in [0.29, 0.717) is 22.0 Å². The summed E-state index contributed by atoms with van der Waals surface area (Å²) in [5.74, 6) is -1.17. The van der Waals surface area contributed by atoms with Crippen molar-refractivity contribution in [3.63, 3.8) is 0 Å². The second-order valence-corrected chi connectivity index (χ2v) is 10.2. The number of carbonyl (C=O) groups excluding carboxylic acids is 2. The van der Waals surface area contributed by atoms with Crippen LogP contribution in [0, 0.1) is 21.5 Å². The summed E-state index contributed by atoms with van der Waals surface area (Å²) in [5.41, 5.74) is 6.97. The smallest absolute Gasteiger partial charge is 0.280 e. The number of para-hydroxylation sites is 1. The van der Waals surface area contributed by atoms with Crippen LogP contribution in [0.1, 0.15) is 31.3 Å². The molecule has 0 bridgehead atoms. The number of amides is 1. The summed E-state index contributed by atoms with van der Waals surface area (Å²) in [7, 11) is 0. The largest absolute Gasteiger partial charge is 0.396 e. The number of nitrogen functional groups attached to an aromatic ring is 1. The van der Waals surface area contributed by atoms with Crippen LogP contribution in [-0.4, -0.2) is 26.0 Å². The van der Waals surface area contributed by atoms with Crippen molar-refractivity contribution in [3.8, 4) is 17.4 Å². The van der Waals surface area contributed by atoms with Gasteiger partial charge in [0.05, 0.1) is 11.4 Å². The lowest BCUT2D eigenvalue weighted by atomic mass is 10.1. The molecule has 3 aromatic carbocycles. The normalized spacial score (nSPS) is 10.6. The van der Waals surface area contributed by atoms with E-state index in [1.54, 1.807) is 78.9 Å². The molecule has 0 aliphatic rings. The maximum atomic E-state index is 13.6. The molecule has 12 heteroatoms. The number of thiophene rings is 1. The second kappa shape index (κ2) is 11.1. The van der Waals surface area contributed by atoms with Crippen LogP contribution in [-0.2, 0) is 0 Å². The minimum Gasteiger partial charge on any atom is -0.396 e. The highest BCUT2D eigenvalue weighted by Crippen LogP contribution is 2.36. The first-order valence-corrected chi connectivity index (χ1v) is 13.3. The number of aromatic nitrogens is 3. The molecular formula is C28H18ClN7O2S2. The molecule has 1 amide bonds. The van der Waals surface area contributed by atoms with E-state index in [9.17, 15) is 14.9 Å². The van der Waals surface area contributed by atoms with Crippen LogP contribution < -0.4 is 16.5 Å². The van der Waals surface area contributed by atoms with Crippen molar-refractivity contribution < 1.29 is 9.59 Å². The fourth-order valence-electron chi connectivity index (χ4n) is 3.90. The van der Waals surface area contributed by atoms with Crippen LogP contribution in [0.15, 0.2) is 84.9 Å². The number of nitrogens with two attached hydrogens (primary N) is 1. The zero-order valence-electron chi connectivity index (χ0n) is 20.5. The third kappa shape index (κ3) is 4.94. The van der Waals surface area contributed by atoms with E-state index in [-0.39, 0.29) is 42.9 Å². The molecule has 196 valence electrons. The molecule has 2 aromatic heterocycles. The van der Waals surface area contributed by atoms with Gasteiger partial charge in [-0.15, -0.1) is 11.3 Å². The van der Waals surface area contributed by atoms with Gasteiger partial charge in [0.1, 0.15) is 21.5 Å². The van der Waals surface area contributed by atoms with Gasteiger partial charge in [0, 0.05) is 16.3 Å². The quantitative estimate of drug-likeness (QED) is 0.177. The number of nitrogens with one attached hydrogen (secondary N) is 2. The van der Waals surface area contributed by atoms with E-state index in [1.807, 2.05) is 12.1 Å². The van der Waals surface area contributed by atoms with E-state index in [0.717, 1.165) is 11.3 Å². The number of carbonyl (C=O) groups is 2. The fourth-order valence-corrected chi connectivity index (χ4v) is 5.40. The number of rotatable bonds is 6. The molecule has 9 nitrogen and oxygen atoms in total. The van der Waals surface area contributed by atoms with Gasteiger partial charge in [0.25, 0.3) is 5.91 Å². The molecule has 0 fully saturated rings. The molecule has 40 heavy (non-hydrogen) atoms. The van der Waals surface area contributed by atoms with Crippen molar-refractivity contribution in [2.45, 2.75) is 0 Å². The minimum absolute atomic E-state index is 0.0350. The van der Waals surface area contributed by atoms with E-state index in [4.69, 9.17) is 35.0 Å². The third-order valence-electron chi connectivity index (χ3n) is 5.85. The summed E-state index contributed by atoms with van der Waals surface area (Å²) in [6, 6.07) is 26.0. The molecule has 0 atom stereocenters. The maximum Gasteiger partial charge on any atom is 0.280 e. The lowest BCUT2D eigenvalue weighted by Crippen LogP contribution is -2.34. The standard InChI is InChI=1S/C28H18ClN7O2S2/c29-17-11-13-19(14-12-17)36-28(39)35(18-9-5-2-6-10-18)25(32)22(34-36)26(38)33-27-20(15-30)21(31)24(40-27)23(37)16-7-3-1-4-8-16/h1-14,32H,31H2,(H,33,38). The van der Waals surface area contributed by atoms with E-state index >= 15 is 0 Å². The van der Waals surface area contributed by atoms with Crippen LogP contribution in [0.4, 0.5) is 10.7 Å². The Labute approximate surface area is 241 Å². The Kier molecular flexibility index (Phi) is 7.39. The van der Waals surface area contributed by atoms with E-state index in [1.165, 1.54) is 9.25 Å². The summed E-state index contributed by atoms with van der Waals surface area (Å²) in [6.07, 6.45) is 0. The Balaban J connectivity index is 1.62. The number of halogens is 1. The van der Waals surface area contributed by atoms with Gasteiger partial charge in [-0.25, -0.2) is 4.68 Å². The fraction of sp³-hybridized carbons (Fsp3) is 0. The molecular weight excluding hydrogens is 566 g/mol. The van der Waals surface area contributed by atoms with Gasteiger partial charge in [-0.2, -0.15) is 10.4 Å². The molecule has 0 aliphatic heterocycles. The van der Waals surface area contributed by atoms with Crippen LogP contribution in [0.3, 0.4) is 0 Å². The third-order valence-corrected chi connectivity index (χ3v) is 7.57. The number of ketones is 1. The summed E-state index contributed by atoms with van der Waals surface area (Å²) in [6.45, 7) is 0. The monoisotopic (exact) mass is 583 g/mol. The second-order valence-electron chi connectivity index (χ2n) is 8.35. The molecule has 5 aromatic rings. The molecule has 5 rings (SSSR count). The predicted octanol–water partition coefficient (Wildman–Crippen LogP) is 5.52. The van der Waals surface area contributed by atoms with Gasteiger partial charge in [-0.3, -0.25) is 19.6 Å². The number of nitriles is 1. The highest BCUT2D eigenvalue weighted by molar-refractivity contribution is 7.71. The average Bonchev–Trinajstić information content (AvgIpc) is 3.28. The topological polar surface area (TPSA) is 143 Å². The Bertz CT molecular complexity index is 1920. The zero-order valence-corrected chi connectivity index (χ0v) is 22.8. The SMILES string of the molecule is N#Cc1c(NC(=O)c2nn(-c3ccc(Cl)cc3)c(=S)n(-c3ccccc3)c2=N)sc(C(=O)c2ccccc2)c1N. The predicted molar refractivity (Wildman–Crippen MR) is 156 cm³/mol. The van der Waals surface area contributed by atoms with Crippen LogP contribution in [0.25, 0.3) is 11.4 Å². The average molecular weight is 584 g/mol. The van der Waals surface area contributed by atoms with E-state index in [2.05, 4.69) is 10.4 Å². The summed E-state index contributed by atoms with van der Waals surface area (Å²) in [4.78, 5) is 26.8. The van der Waals surface area contributed by atoms with Gasteiger partial charge in [-0.1, -0.05) is 60.1 Å². The summed E-state index contributed by atoms with van der Waals surface area (Å²) < 4.78 is 2.90. The molecule has 0 unspecified atom stereocenters. The van der Waals surface area contributed by atoms with Crippen molar-refractivity contribution in [2.24, 2.45) is 0 Å². The lowest BCUT2D eigenvalue weighted by molar-refractivity contribution is 0.101. The first kappa shape index (κ1) is 26.7.